The third-order valence-corrected chi connectivity index (χ3v) is 7.04. The Morgan fingerprint density at radius 3 is 2.55 bits per heavy atom. The van der Waals surface area contributed by atoms with Gasteiger partial charge in [0.1, 0.15) is 5.76 Å². The summed E-state index contributed by atoms with van der Waals surface area (Å²) in [5.74, 6) is 0.892. The molecule has 3 aromatic rings. The van der Waals surface area contributed by atoms with Gasteiger partial charge in [0.2, 0.25) is 0 Å². The van der Waals surface area contributed by atoms with Crippen molar-refractivity contribution in [3.05, 3.63) is 82.3 Å². The number of hydrogen-bond acceptors (Lipinski definition) is 4. The first-order valence-corrected chi connectivity index (χ1v) is 11.9. The minimum atomic E-state index is -1.29. The molecule has 1 saturated heterocycles. The van der Waals surface area contributed by atoms with Gasteiger partial charge in [0.25, 0.3) is 5.91 Å². The molecule has 1 atom stereocenters. The number of aryl methyl sites for hydroxylation is 2. The Morgan fingerprint density at radius 2 is 1.81 bits per heavy atom. The Kier molecular flexibility index (Phi) is 6.49. The molecule has 7 heteroatoms. The van der Waals surface area contributed by atoms with Crippen LogP contribution < -0.4 is 4.90 Å². The molecule has 2 aromatic carbocycles. The third kappa shape index (κ3) is 5.02. The number of amides is 1. The number of anilines is 1. The Morgan fingerprint density at radius 1 is 1.03 bits per heavy atom. The lowest BCUT2D eigenvalue weighted by Crippen LogP contribution is -2.49. The molecule has 1 aliphatic rings. The van der Waals surface area contributed by atoms with E-state index in [2.05, 4.69) is 36.9 Å². The Labute approximate surface area is 190 Å². The summed E-state index contributed by atoms with van der Waals surface area (Å²) in [5, 5.41) is 0.543. The lowest BCUT2D eigenvalue weighted by molar-refractivity contribution is 0.0713. The van der Waals surface area contributed by atoms with E-state index in [1.54, 1.807) is 36.4 Å². The standard InChI is InChI=1S/C24H25ClN2O3S/c1-17-6-7-18(2)22(14-17)26-10-12-27(13-11-26)24(28)23-9-8-20(30-23)16-31(29)21-5-3-4-19(25)15-21/h3-9,14-15H,10-13,16H2,1-2H3/t31-/m0/s1. The molecule has 1 fully saturated rings. The first-order valence-electron chi connectivity index (χ1n) is 10.2. The van der Waals surface area contributed by atoms with Crippen molar-refractivity contribution in [3.8, 4) is 0 Å². The highest BCUT2D eigenvalue weighted by Gasteiger charge is 2.25. The van der Waals surface area contributed by atoms with Crippen LogP contribution in [-0.2, 0) is 16.6 Å². The summed E-state index contributed by atoms with van der Waals surface area (Å²) < 4.78 is 18.3. The van der Waals surface area contributed by atoms with Crippen LogP contribution in [0.3, 0.4) is 0 Å². The van der Waals surface area contributed by atoms with Gasteiger partial charge in [-0.25, -0.2) is 0 Å². The summed E-state index contributed by atoms with van der Waals surface area (Å²) in [6, 6.07) is 16.8. The molecule has 0 N–H and O–H groups in total. The summed E-state index contributed by atoms with van der Waals surface area (Å²) in [7, 11) is -1.29. The summed E-state index contributed by atoms with van der Waals surface area (Å²) in [5.41, 5.74) is 3.71. The van der Waals surface area contributed by atoms with Gasteiger partial charge in [-0.3, -0.25) is 9.00 Å². The molecule has 1 aromatic heterocycles. The first-order chi connectivity index (χ1) is 14.9. The van der Waals surface area contributed by atoms with Crippen LogP contribution in [-0.4, -0.2) is 41.2 Å². The number of carbonyl (C=O) groups excluding carboxylic acids is 1. The van der Waals surface area contributed by atoms with Gasteiger partial charge in [0, 0.05) is 41.8 Å². The van der Waals surface area contributed by atoms with Crippen molar-refractivity contribution in [2.75, 3.05) is 31.1 Å². The van der Waals surface area contributed by atoms with Crippen molar-refractivity contribution < 1.29 is 13.4 Å². The fourth-order valence-corrected chi connectivity index (χ4v) is 5.08. The lowest BCUT2D eigenvalue weighted by atomic mass is 10.1. The molecule has 0 bridgehead atoms. The summed E-state index contributed by atoms with van der Waals surface area (Å²) in [6.07, 6.45) is 0. The van der Waals surface area contributed by atoms with Gasteiger partial charge in [0.05, 0.1) is 16.6 Å². The van der Waals surface area contributed by atoms with Crippen LogP contribution in [0.2, 0.25) is 5.02 Å². The molecule has 0 spiro atoms. The molecule has 4 rings (SSSR count). The molecule has 1 aliphatic heterocycles. The zero-order valence-electron chi connectivity index (χ0n) is 17.6. The number of rotatable bonds is 5. The maximum Gasteiger partial charge on any atom is 0.289 e. The number of benzene rings is 2. The second-order valence-corrected chi connectivity index (χ2v) is 9.67. The van der Waals surface area contributed by atoms with Crippen molar-refractivity contribution >= 4 is 34.0 Å². The maximum absolute atomic E-state index is 12.9. The SMILES string of the molecule is Cc1ccc(C)c(N2CCN(C(=O)c3ccc(C[S@](=O)c4cccc(Cl)c4)o3)CC2)c1. The Bertz CT molecular complexity index is 1120. The molecule has 2 heterocycles. The highest BCUT2D eigenvalue weighted by atomic mass is 35.5. The van der Waals surface area contributed by atoms with Crippen LogP contribution in [0.1, 0.15) is 27.4 Å². The van der Waals surface area contributed by atoms with E-state index < -0.39 is 10.8 Å². The molecule has 0 aliphatic carbocycles. The number of piperazine rings is 1. The number of halogens is 1. The molecule has 31 heavy (non-hydrogen) atoms. The second-order valence-electron chi connectivity index (χ2n) is 7.78. The van der Waals surface area contributed by atoms with Gasteiger partial charge in [0.15, 0.2) is 5.76 Å². The Hall–Kier alpha value is -2.57. The van der Waals surface area contributed by atoms with Crippen LogP contribution in [0.5, 0.6) is 0 Å². The van der Waals surface area contributed by atoms with E-state index in [9.17, 15) is 9.00 Å². The van der Waals surface area contributed by atoms with Gasteiger partial charge in [-0.05, 0) is 61.4 Å². The number of carbonyl (C=O) groups is 1. The van der Waals surface area contributed by atoms with Crippen LogP contribution in [0.4, 0.5) is 5.69 Å². The smallest absolute Gasteiger partial charge is 0.289 e. The zero-order valence-corrected chi connectivity index (χ0v) is 19.2. The monoisotopic (exact) mass is 456 g/mol. The molecular weight excluding hydrogens is 432 g/mol. The number of furan rings is 1. The Balaban J connectivity index is 1.37. The van der Waals surface area contributed by atoms with Gasteiger partial charge >= 0.3 is 0 Å². The minimum absolute atomic E-state index is 0.125. The molecule has 1 amide bonds. The molecule has 162 valence electrons. The van der Waals surface area contributed by atoms with Crippen LogP contribution in [0.15, 0.2) is 63.9 Å². The van der Waals surface area contributed by atoms with E-state index in [4.69, 9.17) is 16.0 Å². The fraction of sp³-hybridized carbons (Fsp3) is 0.292. The van der Waals surface area contributed by atoms with Gasteiger partial charge in [-0.2, -0.15) is 0 Å². The quantitative estimate of drug-likeness (QED) is 0.552. The van der Waals surface area contributed by atoms with Gasteiger partial charge in [-0.15, -0.1) is 0 Å². The molecular formula is C24H25ClN2O3S. The van der Waals surface area contributed by atoms with Crippen molar-refractivity contribution in [2.45, 2.75) is 24.5 Å². The molecule has 0 saturated carbocycles. The van der Waals surface area contributed by atoms with E-state index in [0.29, 0.717) is 34.5 Å². The van der Waals surface area contributed by atoms with E-state index >= 15 is 0 Å². The van der Waals surface area contributed by atoms with Crippen molar-refractivity contribution in [2.24, 2.45) is 0 Å². The van der Waals surface area contributed by atoms with Gasteiger partial charge in [-0.1, -0.05) is 29.8 Å². The fourth-order valence-electron chi connectivity index (χ4n) is 3.76. The van der Waals surface area contributed by atoms with E-state index in [0.717, 1.165) is 13.1 Å². The van der Waals surface area contributed by atoms with Gasteiger partial charge < -0.3 is 14.2 Å². The second kappa shape index (κ2) is 9.28. The molecule has 0 unspecified atom stereocenters. The first kappa shape index (κ1) is 21.7. The summed E-state index contributed by atoms with van der Waals surface area (Å²) in [4.78, 5) is 17.7. The zero-order chi connectivity index (χ0) is 22.0. The maximum atomic E-state index is 12.9. The van der Waals surface area contributed by atoms with Crippen LogP contribution >= 0.6 is 11.6 Å². The van der Waals surface area contributed by atoms with E-state index in [1.165, 1.54) is 16.8 Å². The summed E-state index contributed by atoms with van der Waals surface area (Å²) in [6.45, 7) is 7.04. The number of nitrogens with zero attached hydrogens (tertiary/aromatic N) is 2. The lowest BCUT2D eigenvalue weighted by Gasteiger charge is -2.36. The third-order valence-electron chi connectivity index (χ3n) is 5.48. The highest BCUT2D eigenvalue weighted by molar-refractivity contribution is 7.84. The average molecular weight is 457 g/mol. The van der Waals surface area contributed by atoms with Crippen LogP contribution in [0, 0.1) is 13.8 Å². The number of hydrogen-bond donors (Lipinski definition) is 0. The van der Waals surface area contributed by atoms with Crippen LogP contribution in [0.25, 0.3) is 0 Å². The van der Waals surface area contributed by atoms with Crippen molar-refractivity contribution in [3.63, 3.8) is 0 Å². The van der Waals surface area contributed by atoms with E-state index in [-0.39, 0.29) is 11.7 Å². The van der Waals surface area contributed by atoms with E-state index in [1.807, 2.05) is 4.90 Å². The summed E-state index contributed by atoms with van der Waals surface area (Å²) >= 11 is 5.98. The predicted octanol–water partition coefficient (Wildman–Crippen LogP) is 4.82. The minimum Gasteiger partial charge on any atom is -0.455 e. The van der Waals surface area contributed by atoms with Crippen molar-refractivity contribution in [1.82, 2.24) is 4.90 Å². The average Bonchev–Trinajstić information content (AvgIpc) is 3.23. The highest BCUT2D eigenvalue weighted by Crippen LogP contribution is 2.24. The molecule has 0 radical (unpaired) electrons. The topological polar surface area (TPSA) is 53.8 Å². The normalized spacial score (nSPS) is 15.2. The predicted molar refractivity (Wildman–Crippen MR) is 124 cm³/mol. The molecule has 5 nitrogen and oxygen atoms in total. The van der Waals surface area contributed by atoms with Crippen molar-refractivity contribution in [1.29, 1.82) is 0 Å². The largest absolute Gasteiger partial charge is 0.455 e.